The summed E-state index contributed by atoms with van der Waals surface area (Å²) in [7, 11) is 0. The van der Waals surface area contributed by atoms with Crippen LogP contribution in [-0.2, 0) is 0 Å². The number of hydrogen-bond acceptors (Lipinski definition) is 3. The van der Waals surface area contributed by atoms with Crippen LogP contribution in [-0.4, -0.2) is 48.8 Å². The molecule has 0 aromatic carbocycles. The van der Waals surface area contributed by atoms with Crippen LogP contribution in [0.1, 0.15) is 47.0 Å². The molecule has 104 valence electrons. The molecule has 0 radical (unpaired) electrons. The summed E-state index contributed by atoms with van der Waals surface area (Å²) in [6, 6.07) is 0. The van der Waals surface area contributed by atoms with Crippen molar-refractivity contribution in [2.24, 2.45) is 5.92 Å². The van der Waals surface area contributed by atoms with E-state index in [2.05, 4.69) is 37.9 Å². The molecular weight excluding hydrogens is 212 g/mol. The van der Waals surface area contributed by atoms with Gasteiger partial charge in [0.25, 0.3) is 0 Å². The van der Waals surface area contributed by atoms with Crippen molar-refractivity contribution in [1.82, 2.24) is 10.2 Å². The van der Waals surface area contributed by atoms with Crippen LogP contribution in [0.2, 0.25) is 0 Å². The van der Waals surface area contributed by atoms with Crippen molar-refractivity contribution in [2.45, 2.75) is 53.1 Å². The molecule has 0 heterocycles. The Morgan fingerprint density at radius 3 is 2.29 bits per heavy atom. The first-order valence-electron chi connectivity index (χ1n) is 7.21. The molecule has 0 fully saturated rings. The summed E-state index contributed by atoms with van der Waals surface area (Å²) < 4.78 is 0. The Kier molecular flexibility index (Phi) is 10.9. The minimum Gasteiger partial charge on any atom is -0.390 e. The molecule has 0 amide bonds. The zero-order valence-electron chi connectivity index (χ0n) is 12.2. The van der Waals surface area contributed by atoms with Crippen LogP contribution in [0.4, 0.5) is 0 Å². The summed E-state index contributed by atoms with van der Waals surface area (Å²) in [6.07, 6.45) is 3.58. The van der Waals surface area contributed by atoms with Gasteiger partial charge < -0.3 is 15.3 Å². The standard InChI is InChI=1S/C14H32N2O/c1-5-16(6-2)12-14(17)11-15-10-8-7-9-13(3)4/h13-15,17H,5-12H2,1-4H3. The van der Waals surface area contributed by atoms with Gasteiger partial charge in [-0.05, 0) is 32.0 Å². The van der Waals surface area contributed by atoms with Crippen molar-refractivity contribution in [3.8, 4) is 0 Å². The Labute approximate surface area is 108 Å². The SMILES string of the molecule is CCN(CC)CC(O)CNCCCCC(C)C. The molecule has 17 heavy (non-hydrogen) atoms. The van der Waals surface area contributed by atoms with Gasteiger partial charge in [-0.25, -0.2) is 0 Å². The summed E-state index contributed by atoms with van der Waals surface area (Å²) in [5.41, 5.74) is 0. The molecule has 0 saturated heterocycles. The fourth-order valence-corrected chi connectivity index (χ4v) is 1.92. The van der Waals surface area contributed by atoms with E-state index >= 15 is 0 Å². The van der Waals surface area contributed by atoms with Gasteiger partial charge in [0, 0.05) is 13.1 Å². The summed E-state index contributed by atoms with van der Waals surface area (Å²) in [5, 5.41) is 13.2. The second kappa shape index (κ2) is 11.0. The van der Waals surface area contributed by atoms with Crippen LogP contribution >= 0.6 is 0 Å². The van der Waals surface area contributed by atoms with E-state index in [1.165, 1.54) is 19.3 Å². The van der Waals surface area contributed by atoms with Crippen molar-refractivity contribution in [3.05, 3.63) is 0 Å². The molecule has 0 bridgehead atoms. The number of rotatable bonds is 11. The minimum atomic E-state index is -0.236. The van der Waals surface area contributed by atoms with Crippen LogP contribution in [0.3, 0.4) is 0 Å². The molecule has 0 rings (SSSR count). The highest BCUT2D eigenvalue weighted by atomic mass is 16.3. The molecular formula is C14H32N2O. The van der Waals surface area contributed by atoms with Crippen LogP contribution in [0.15, 0.2) is 0 Å². The predicted molar refractivity (Wildman–Crippen MR) is 75.4 cm³/mol. The maximum absolute atomic E-state index is 9.82. The molecule has 0 aromatic rings. The molecule has 0 aliphatic rings. The van der Waals surface area contributed by atoms with Crippen LogP contribution in [0.25, 0.3) is 0 Å². The molecule has 0 aromatic heterocycles. The molecule has 0 aliphatic heterocycles. The van der Waals surface area contributed by atoms with Crippen LogP contribution < -0.4 is 5.32 Å². The van der Waals surface area contributed by atoms with Crippen molar-refractivity contribution >= 4 is 0 Å². The van der Waals surface area contributed by atoms with E-state index in [1.54, 1.807) is 0 Å². The summed E-state index contributed by atoms with van der Waals surface area (Å²) in [6.45, 7) is 13.4. The van der Waals surface area contributed by atoms with Gasteiger partial charge in [-0.15, -0.1) is 0 Å². The largest absolute Gasteiger partial charge is 0.390 e. The lowest BCUT2D eigenvalue weighted by Gasteiger charge is -2.22. The van der Waals surface area contributed by atoms with Gasteiger partial charge >= 0.3 is 0 Å². The van der Waals surface area contributed by atoms with Gasteiger partial charge in [-0.2, -0.15) is 0 Å². The molecule has 0 spiro atoms. The first kappa shape index (κ1) is 16.9. The Morgan fingerprint density at radius 1 is 1.12 bits per heavy atom. The van der Waals surface area contributed by atoms with Crippen molar-refractivity contribution in [2.75, 3.05) is 32.7 Å². The Bertz CT molecular complexity index is 158. The Hall–Kier alpha value is -0.120. The molecule has 2 N–H and O–H groups in total. The van der Waals surface area contributed by atoms with Crippen molar-refractivity contribution in [1.29, 1.82) is 0 Å². The van der Waals surface area contributed by atoms with E-state index in [0.29, 0.717) is 0 Å². The first-order chi connectivity index (χ1) is 8.10. The number of aliphatic hydroxyl groups excluding tert-OH is 1. The molecule has 0 saturated carbocycles. The smallest absolute Gasteiger partial charge is 0.0791 e. The number of nitrogens with one attached hydrogen (secondary N) is 1. The fourth-order valence-electron chi connectivity index (χ4n) is 1.92. The van der Waals surface area contributed by atoms with Crippen molar-refractivity contribution in [3.63, 3.8) is 0 Å². The summed E-state index contributed by atoms with van der Waals surface area (Å²) >= 11 is 0. The summed E-state index contributed by atoms with van der Waals surface area (Å²) in [4.78, 5) is 2.26. The maximum atomic E-state index is 9.82. The minimum absolute atomic E-state index is 0.236. The zero-order chi connectivity index (χ0) is 13.1. The first-order valence-corrected chi connectivity index (χ1v) is 7.21. The molecule has 3 nitrogen and oxygen atoms in total. The number of nitrogens with zero attached hydrogens (tertiary/aromatic N) is 1. The number of unbranched alkanes of at least 4 members (excludes halogenated alkanes) is 1. The number of likely N-dealkylation sites (N-methyl/N-ethyl adjacent to an activating group) is 1. The van der Waals surface area contributed by atoms with Gasteiger partial charge in [-0.1, -0.05) is 40.5 Å². The van der Waals surface area contributed by atoms with Crippen LogP contribution in [0, 0.1) is 5.92 Å². The second-order valence-electron chi connectivity index (χ2n) is 5.23. The maximum Gasteiger partial charge on any atom is 0.0791 e. The van der Waals surface area contributed by atoms with E-state index in [1.807, 2.05) is 0 Å². The molecule has 1 atom stereocenters. The van der Waals surface area contributed by atoms with E-state index in [0.717, 1.165) is 38.6 Å². The Balaban J connectivity index is 3.35. The third-order valence-corrected chi connectivity index (χ3v) is 3.13. The topological polar surface area (TPSA) is 35.5 Å². The highest BCUT2D eigenvalue weighted by Crippen LogP contribution is 2.04. The molecule has 1 unspecified atom stereocenters. The van der Waals surface area contributed by atoms with Gasteiger partial charge in [0.2, 0.25) is 0 Å². The predicted octanol–water partition coefficient (Wildman–Crippen LogP) is 2.10. The van der Waals surface area contributed by atoms with E-state index in [4.69, 9.17) is 0 Å². The van der Waals surface area contributed by atoms with Gasteiger partial charge in [0.1, 0.15) is 0 Å². The van der Waals surface area contributed by atoms with Gasteiger partial charge in [0.05, 0.1) is 6.10 Å². The lowest BCUT2D eigenvalue weighted by atomic mass is 10.1. The van der Waals surface area contributed by atoms with Gasteiger partial charge in [0.15, 0.2) is 0 Å². The monoisotopic (exact) mass is 244 g/mol. The fraction of sp³-hybridized carbons (Fsp3) is 1.00. The number of aliphatic hydroxyl groups is 1. The normalized spacial score (nSPS) is 13.6. The quantitative estimate of drug-likeness (QED) is 0.546. The molecule has 0 aliphatic carbocycles. The van der Waals surface area contributed by atoms with Crippen molar-refractivity contribution < 1.29 is 5.11 Å². The second-order valence-corrected chi connectivity index (χ2v) is 5.23. The average Bonchev–Trinajstić information content (AvgIpc) is 2.30. The zero-order valence-corrected chi connectivity index (χ0v) is 12.2. The average molecular weight is 244 g/mol. The third kappa shape index (κ3) is 10.7. The lowest BCUT2D eigenvalue weighted by molar-refractivity contribution is 0.117. The lowest BCUT2D eigenvalue weighted by Crippen LogP contribution is -2.38. The number of hydrogen-bond donors (Lipinski definition) is 2. The van der Waals surface area contributed by atoms with Gasteiger partial charge in [-0.3, -0.25) is 0 Å². The Morgan fingerprint density at radius 2 is 1.76 bits per heavy atom. The van der Waals surface area contributed by atoms with Crippen LogP contribution in [0.5, 0.6) is 0 Å². The highest BCUT2D eigenvalue weighted by Gasteiger charge is 2.07. The van der Waals surface area contributed by atoms with E-state index < -0.39 is 0 Å². The third-order valence-electron chi connectivity index (χ3n) is 3.13. The van der Waals surface area contributed by atoms with E-state index in [-0.39, 0.29) is 6.10 Å². The highest BCUT2D eigenvalue weighted by molar-refractivity contribution is 4.65. The summed E-state index contributed by atoms with van der Waals surface area (Å²) in [5.74, 6) is 0.809. The van der Waals surface area contributed by atoms with E-state index in [9.17, 15) is 5.11 Å². The molecule has 3 heteroatoms.